The van der Waals surface area contributed by atoms with Gasteiger partial charge in [0, 0.05) is 18.2 Å². The highest BCUT2D eigenvalue weighted by atomic mass is 16.5. The molecule has 7 nitrogen and oxygen atoms in total. The van der Waals surface area contributed by atoms with Crippen LogP contribution in [0, 0.1) is 0 Å². The van der Waals surface area contributed by atoms with Crippen LogP contribution < -0.4 is 15.4 Å². The third-order valence-corrected chi connectivity index (χ3v) is 6.08. The van der Waals surface area contributed by atoms with Crippen molar-refractivity contribution in [2.24, 2.45) is 0 Å². The number of anilines is 2. The number of rotatable bonds is 11. The Hall–Kier alpha value is -1.89. The number of amides is 1. The number of hydrogen-bond donors (Lipinski definition) is 1. The molecule has 0 saturated carbocycles. The van der Waals surface area contributed by atoms with E-state index in [0.717, 1.165) is 31.2 Å². The quantitative estimate of drug-likeness (QED) is 0.569. The van der Waals surface area contributed by atoms with Crippen LogP contribution >= 0.6 is 0 Å². The van der Waals surface area contributed by atoms with Crippen molar-refractivity contribution in [3.05, 3.63) is 5.56 Å². The molecule has 0 bridgehead atoms. The maximum absolute atomic E-state index is 12.6. The summed E-state index contributed by atoms with van der Waals surface area (Å²) in [5, 5.41) is 0. The Morgan fingerprint density at radius 2 is 1.93 bits per heavy atom. The molecule has 3 rings (SSSR count). The minimum absolute atomic E-state index is 0.0678. The molecule has 7 heteroatoms. The fourth-order valence-corrected chi connectivity index (χ4v) is 4.36. The van der Waals surface area contributed by atoms with Gasteiger partial charge in [0.1, 0.15) is 11.6 Å². The molecular formula is C22H37N5O2. The zero-order valence-electron chi connectivity index (χ0n) is 18.2. The van der Waals surface area contributed by atoms with Gasteiger partial charge in [-0.05, 0) is 51.6 Å². The molecule has 0 spiro atoms. The highest BCUT2D eigenvalue weighted by Gasteiger charge is 2.32. The van der Waals surface area contributed by atoms with Gasteiger partial charge >= 0.3 is 6.01 Å². The average molecular weight is 404 g/mol. The smallest absolute Gasteiger partial charge is 0.320 e. The molecule has 1 saturated heterocycles. The van der Waals surface area contributed by atoms with Gasteiger partial charge in [0.2, 0.25) is 5.91 Å². The van der Waals surface area contributed by atoms with E-state index in [0.29, 0.717) is 37.3 Å². The third kappa shape index (κ3) is 5.59. The SMILES string of the molecule is CCCCOc1nc(N)c2c(n1)N(CCCC1CCCCN1CCCC)C(=O)C2. The van der Waals surface area contributed by atoms with Gasteiger partial charge in [0.25, 0.3) is 0 Å². The third-order valence-electron chi connectivity index (χ3n) is 6.08. The van der Waals surface area contributed by atoms with Crippen molar-refractivity contribution in [1.29, 1.82) is 0 Å². The van der Waals surface area contributed by atoms with Gasteiger partial charge in [-0.1, -0.05) is 33.1 Å². The Balaban J connectivity index is 1.59. The molecule has 1 unspecified atom stereocenters. The van der Waals surface area contributed by atoms with Crippen molar-refractivity contribution in [2.75, 3.05) is 36.9 Å². The number of aromatic nitrogens is 2. The lowest BCUT2D eigenvalue weighted by atomic mass is 9.97. The van der Waals surface area contributed by atoms with Gasteiger partial charge < -0.3 is 15.4 Å². The van der Waals surface area contributed by atoms with Crippen LogP contribution in [-0.2, 0) is 11.2 Å². The van der Waals surface area contributed by atoms with Crippen LogP contribution in [0.1, 0.15) is 77.2 Å². The van der Waals surface area contributed by atoms with Crippen molar-refractivity contribution in [1.82, 2.24) is 14.9 Å². The number of nitrogens with two attached hydrogens (primary N) is 1. The highest BCUT2D eigenvalue weighted by Crippen LogP contribution is 2.32. The summed E-state index contributed by atoms with van der Waals surface area (Å²) in [4.78, 5) is 25.8. The van der Waals surface area contributed by atoms with E-state index in [1.165, 1.54) is 45.2 Å². The standard InChI is InChI=1S/C22H37N5O2/c1-3-5-12-26-13-8-7-10-17(26)11-9-14-27-19(28)16-18-20(23)24-22(25-21(18)27)29-15-6-4-2/h17H,3-16H2,1-2H3,(H2,23,24,25). The summed E-state index contributed by atoms with van der Waals surface area (Å²) in [6.45, 7) is 8.04. The Morgan fingerprint density at radius 3 is 2.72 bits per heavy atom. The van der Waals surface area contributed by atoms with Crippen molar-refractivity contribution < 1.29 is 9.53 Å². The molecule has 1 atom stereocenters. The van der Waals surface area contributed by atoms with E-state index in [-0.39, 0.29) is 11.9 Å². The Labute approximate surface area is 175 Å². The lowest BCUT2D eigenvalue weighted by molar-refractivity contribution is -0.117. The Bertz CT molecular complexity index is 681. The molecule has 1 amide bonds. The number of carbonyl (C=O) groups excluding carboxylic acids is 1. The second-order valence-corrected chi connectivity index (χ2v) is 8.30. The van der Waals surface area contributed by atoms with Crippen LogP contribution in [-0.4, -0.2) is 53.1 Å². The normalized spacial score (nSPS) is 19.6. The average Bonchev–Trinajstić information content (AvgIpc) is 3.04. The summed E-state index contributed by atoms with van der Waals surface area (Å²) in [6, 6.07) is 0.934. The summed E-state index contributed by atoms with van der Waals surface area (Å²) < 4.78 is 5.64. The number of unbranched alkanes of at least 4 members (excludes halogenated alkanes) is 2. The first kappa shape index (κ1) is 21.8. The molecule has 1 aromatic heterocycles. The van der Waals surface area contributed by atoms with E-state index >= 15 is 0 Å². The number of nitrogen functional groups attached to an aromatic ring is 1. The maximum atomic E-state index is 12.6. The number of nitrogens with zero attached hydrogens (tertiary/aromatic N) is 4. The van der Waals surface area contributed by atoms with Crippen molar-refractivity contribution >= 4 is 17.5 Å². The molecule has 2 aliphatic rings. The molecule has 162 valence electrons. The number of ether oxygens (including phenoxy) is 1. The zero-order valence-corrected chi connectivity index (χ0v) is 18.2. The number of carbonyl (C=O) groups is 1. The van der Waals surface area contributed by atoms with Crippen molar-refractivity contribution in [2.45, 2.75) is 84.1 Å². The maximum Gasteiger partial charge on any atom is 0.320 e. The predicted octanol–water partition coefficient (Wildman–Crippen LogP) is 3.56. The van der Waals surface area contributed by atoms with Gasteiger partial charge in [0.05, 0.1) is 13.0 Å². The van der Waals surface area contributed by atoms with Crippen LogP contribution in [0.2, 0.25) is 0 Å². The predicted molar refractivity (Wildman–Crippen MR) is 116 cm³/mol. The van der Waals surface area contributed by atoms with E-state index in [1.54, 1.807) is 4.90 Å². The van der Waals surface area contributed by atoms with Crippen LogP contribution in [0.25, 0.3) is 0 Å². The second kappa shape index (κ2) is 10.8. The lowest BCUT2D eigenvalue weighted by Gasteiger charge is -2.36. The fraction of sp³-hybridized carbons (Fsp3) is 0.773. The first-order chi connectivity index (χ1) is 14.1. The lowest BCUT2D eigenvalue weighted by Crippen LogP contribution is -2.40. The van der Waals surface area contributed by atoms with E-state index in [9.17, 15) is 4.79 Å². The van der Waals surface area contributed by atoms with Gasteiger partial charge in [-0.2, -0.15) is 9.97 Å². The molecule has 0 aromatic carbocycles. The molecule has 0 aliphatic carbocycles. The number of hydrogen-bond acceptors (Lipinski definition) is 6. The summed E-state index contributed by atoms with van der Waals surface area (Å²) in [5.41, 5.74) is 6.85. The van der Waals surface area contributed by atoms with E-state index in [1.807, 2.05) is 0 Å². The monoisotopic (exact) mass is 403 g/mol. The summed E-state index contributed by atoms with van der Waals surface area (Å²) in [5.74, 6) is 1.09. The second-order valence-electron chi connectivity index (χ2n) is 8.30. The van der Waals surface area contributed by atoms with Crippen LogP contribution in [0.4, 0.5) is 11.6 Å². The molecule has 29 heavy (non-hydrogen) atoms. The van der Waals surface area contributed by atoms with Gasteiger partial charge in [-0.15, -0.1) is 0 Å². The van der Waals surface area contributed by atoms with Crippen LogP contribution in [0.5, 0.6) is 6.01 Å². The Morgan fingerprint density at radius 1 is 1.10 bits per heavy atom. The van der Waals surface area contributed by atoms with E-state index in [2.05, 4.69) is 28.7 Å². The fourth-order valence-electron chi connectivity index (χ4n) is 4.36. The molecule has 2 aliphatic heterocycles. The number of piperidine rings is 1. The topological polar surface area (TPSA) is 84.6 Å². The van der Waals surface area contributed by atoms with Crippen LogP contribution in [0.3, 0.4) is 0 Å². The van der Waals surface area contributed by atoms with Crippen LogP contribution in [0.15, 0.2) is 0 Å². The van der Waals surface area contributed by atoms with E-state index < -0.39 is 0 Å². The van der Waals surface area contributed by atoms with Gasteiger partial charge in [-0.25, -0.2) is 0 Å². The zero-order chi connectivity index (χ0) is 20.6. The summed E-state index contributed by atoms with van der Waals surface area (Å²) in [6.07, 6.45) is 10.8. The minimum Gasteiger partial charge on any atom is -0.463 e. The largest absolute Gasteiger partial charge is 0.463 e. The minimum atomic E-state index is 0.0678. The molecule has 1 fully saturated rings. The number of fused-ring (bicyclic) bond motifs is 1. The van der Waals surface area contributed by atoms with Gasteiger partial charge in [0.15, 0.2) is 0 Å². The molecule has 2 N–H and O–H groups in total. The molecule has 0 radical (unpaired) electrons. The molecule has 3 heterocycles. The Kier molecular flexibility index (Phi) is 8.09. The summed E-state index contributed by atoms with van der Waals surface area (Å²) in [7, 11) is 0. The molecular weight excluding hydrogens is 366 g/mol. The summed E-state index contributed by atoms with van der Waals surface area (Å²) >= 11 is 0. The molecule has 1 aromatic rings. The highest BCUT2D eigenvalue weighted by molar-refractivity contribution is 6.01. The van der Waals surface area contributed by atoms with Crippen molar-refractivity contribution in [3.63, 3.8) is 0 Å². The van der Waals surface area contributed by atoms with Gasteiger partial charge in [-0.3, -0.25) is 9.69 Å². The first-order valence-electron chi connectivity index (χ1n) is 11.5. The first-order valence-corrected chi connectivity index (χ1v) is 11.5. The number of likely N-dealkylation sites (tertiary alicyclic amines) is 1. The van der Waals surface area contributed by atoms with E-state index in [4.69, 9.17) is 10.5 Å². The van der Waals surface area contributed by atoms with Crippen molar-refractivity contribution in [3.8, 4) is 6.01 Å².